The van der Waals surface area contributed by atoms with E-state index in [4.69, 9.17) is 16.9 Å². The van der Waals surface area contributed by atoms with E-state index in [-0.39, 0.29) is 0 Å². The normalized spacial score (nSPS) is 11.3. The van der Waals surface area contributed by atoms with Crippen LogP contribution in [0.3, 0.4) is 0 Å². The van der Waals surface area contributed by atoms with E-state index in [1.54, 1.807) is 6.20 Å². The van der Waals surface area contributed by atoms with Crippen LogP contribution in [0.5, 0.6) is 0 Å². The molecule has 1 aromatic heterocycles. The Hall–Kier alpha value is -3.02. The lowest BCUT2D eigenvalue weighted by molar-refractivity contribution is 1.06. The number of nitrogens with zero attached hydrogens (tertiary/aromatic N) is 2. The van der Waals surface area contributed by atoms with Crippen molar-refractivity contribution in [3.63, 3.8) is 0 Å². The molecule has 1 heterocycles. The van der Waals surface area contributed by atoms with E-state index in [0.717, 1.165) is 40.3 Å². The third-order valence-corrected chi connectivity index (χ3v) is 4.38. The molecule has 6 nitrogen and oxygen atoms in total. The van der Waals surface area contributed by atoms with Gasteiger partial charge in [0.1, 0.15) is 5.82 Å². The van der Waals surface area contributed by atoms with Gasteiger partial charge in [0, 0.05) is 43.3 Å². The first kappa shape index (κ1) is 18.3. The minimum absolute atomic E-state index is 0.631. The minimum Gasteiger partial charge on any atom is -0.404 e. The van der Waals surface area contributed by atoms with Crippen LogP contribution in [0.2, 0.25) is 0 Å². The third-order valence-electron chi connectivity index (χ3n) is 4.38. The van der Waals surface area contributed by atoms with Crippen LogP contribution < -0.4 is 21.7 Å². The number of pyridine rings is 1. The first-order valence-corrected chi connectivity index (χ1v) is 8.20. The van der Waals surface area contributed by atoms with Crippen molar-refractivity contribution in [2.75, 3.05) is 30.0 Å². The van der Waals surface area contributed by atoms with E-state index in [2.05, 4.69) is 28.2 Å². The Morgan fingerprint density at radius 1 is 1.40 bits per heavy atom. The molecule has 0 amide bonds. The molecule has 2 rings (SSSR count). The topological polar surface area (TPSA) is 104 Å². The number of nitrogen functional groups attached to an aromatic ring is 1. The summed E-state index contributed by atoms with van der Waals surface area (Å²) in [4.78, 5) is 6.59. The first-order chi connectivity index (χ1) is 12.0. The van der Waals surface area contributed by atoms with Gasteiger partial charge in [0.2, 0.25) is 0 Å². The summed E-state index contributed by atoms with van der Waals surface area (Å²) in [5, 5.41) is 10.6. The zero-order valence-electron chi connectivity index (χ0n) is 15.2. The summed E-state index contributed by atoms with van der Waals surface area (Å²) in [5.41, 5.74) is 18.0. The van der Waals surface area contributed by atoms with Crippen LogP contribution in [0.4, 0.5) is 22.9 Å². The molecule has 6 N–H and O–H groups in total. The SMILES string of the molecule is CCc1cc(/C(C=N)=C/N)ccc1N(C)c1ncc(N)c(NC)c1C. The number of aryl methyl sites for hydroxylation is 1. The van der Waals surface area contributed by atoms with E-state index in [0.29, 0.717) is 11.3 Å². The molecule has 25 heavy (non-hydrogen) atoms. The number of hydrogen-bond acceptors (Lipinski definition) is 6. The molecule has 0 aliphatic rings. The molecule has 0 saturated carbocycles. The lowest BCUT2D eigenvalue weighted by Crippen LogP contribution is -2.16. The maximum Gasteiger partial charge on any atom is 0.137 e. The molecule has 0 unspecified atom stereocenters. The van der Waals surface area contributed by atoms with E-state index in [1.807, 2.05) is 33.2 Å². The fraction of sp³-hybridized carbons (Fsp3) is 0.263. The van der Waals surface area contributed by atoms with Gasteiger partial charge in [-0.2, -0.15) is 0 Å². The summed E-state index contributed by atoms with van der Waals surface area (Å²) in [6, 6.07) is 6.08. The van der Waals surface area contributed by atoms with Gasteiger partial charge in [0.05, 0.1) is 17.6 Å². The van der Waals surface area contributed by atoms with Gasteiger partial charge in [-0.15, -0.1) is 0 Å². The van der Waals surface area contributed by atoms with Crippen LogP contribution in [0.1, 0.15) is 23.6 Å². The molecule has 0 radical (unpaired) electrons. The molecule has 0 saturated heterocycles. The maximum atomic E-state index is 7.48. The zero-order valence-corrected chi connectivity index (χ0v) is 15.2. The molecule has 2 aromatic rings. The van der Waals surface area contributed by atoms with Crippen molar-refractivity contribution in [2.24, 2.45) is 5.73 Å². The van der Waals surface area contributed by atoms with Crippen LogP contribution in [0, 0.1) is 12.3 Å². The molecule has 0 aliphatic carbocycles. The molecule has 1 aromatic carbocycles. The largest absolute Gasteiger partial charge is 0.404 e. The highest BCUT2D eigenvalue weighted by molar-refractivity contribution is 6.08. The van der Waals surface area contributed by atoms with Gasteiger partial charge in [-0.3, -0.25) is 0 Å². The quantitative estimate of drug-likeness (QED) is 0.605. The van der Waals surface area contributed by atoms with Crippen molar-refractivity contribution in [3.8, 4) is 0 Å². The third kappa shape index (κ3) is 3.42. The highest BCUT2D eigenvalue weighted by Gasteiger charge is 2.16. The average Bonchev–Trinajstić information content (AvgIpc) is 2.62. The highest BCUT2D eigenvalue weighted by atomic mass is 15.2. The van der Waals surface area contributed by atoms with E-state index < -0.39 is 0 Å². The van der Waals surface area contributed by atoms with Gasteiger partial charge in [0.25, 0.3) is 0 Å². The smallest absolute Gasteiger partial charge is 0.137 e. The van der Waals surface area contributed by atoms with Crippen molar-refractivity contribution in [1.29, 1.82) is 5.41 Å². The summed E-state index contributed by atoms with van der Waals surface area (Å²) >= 11 is 0. The Balaban J connectivity index is 2.53. The fourth-order valence-electron chi connectivity index (χ4n) is 3.01. The Kier molecular flexibility index (Phi) is 5.64. The monoisotopic (exact) mass is 338 g/mol. The van der Waals surface area contributed by atoms with Crippen molar-refractivity contribution in [2.45, 2.75) is 20.3 Å². The van der Waals surface area contributed by atoms with E-state index >= 15 is 0 Å². The number of aromatic nitrogens is 1. The highest BCUT2D eigenvalue weighted by Crippen LogP contribution is 2.34. The van der Waals surface area contributed by atoms with Crippen molar-refractivity contribution < 1.29 is 0 Å². The van der Waals surface area contributed by atoms with Gasteiger partial charge in [-0.1, -0.05) is 13.0 Å². The summed E-state index contributed by atoms with van der Waals surface area (Å²) in [7, 11) is 3.85. The number of hydrogen-bond donors (Lipinski definition) is 4. The second-order valence-electron chi connectivity index (χ2n) is 5.81. The van der Waals surface area contributed by atoms with Gasteiger partial charge in [0.15, 0.2) is 0 Å². The van der Waals surface area contributed by atoms with Gasteiger partial charge in [-0.25, -0.2) is 4.98 Å². The van der Waals surface area contributed by atoms with Crippen LogP contribution in [-0.2, 0) is 6.42 Å². The molecule has 132 valence electrons. The number of rotatable bonds is 6. The van der Waals surface area contributed by atoms with Crippen LogP contribution in [-0.4, -0.2) is 25.3 Å². The predicted molar refractivity (Wildman–Crippen MR) is 108 cm³/mol. The van der Waals surface area contributed by atoms with Crippen molar-refractivity contribution in [3.05, 3.63) is 47.3 Å². The lowest BCUT2D eigenvalue weighted by atomic mass is 10.0. The predicted octanol–water partition coefficient (Wildman–Crippen LogP) is 3.29. The zero-order chi connectivity index (χ0) is 18.6. The van der Waals surface area contributed by atoms with Crippen molar-refractivity contribution in [1.82, 2.24) is 4.98 Å². The van der Waals surface area contributed by atoms with Crippen LogP contribution in [0.15, 0.2) is 30.6 Å². The number of nitrogens with one attached hydrogen (secondary N) is 2. The number of nitrogens with two attached hydrogens (primary N) is 2. The van der Waals surface area contributed by atoms with Gasteiger partial charge in [-0.05, 0) is 36.6 Å². The Morgan fingerprint density at radius 3 is 2.68 bits per heavy atom. The molecular formula is C19H26N6. The van der Waals surface area contributed by atoms with Crippen LogP contribution in [0.25, 0.3) is 5.57 Å². The molecular weight excluding hydrogens is 312 g/mol. The van der Waals surface area contributed by atoms with Crippen molar-refractivity contribution >= 4 is 34.7 Å². The van der Waals surface area contributed by atoms with Crippen LogP contribution >= 0.6 is 0 Å². The first-order valence-electron chi connectivity index (χ1n) is 8.20. The Bertz CT molecular complexity index is 810. The second-order valence-corrected chi connectivity index (χ2v) is 5.81. The summed E-state index contributed by atoms with van der Waals surface area (Å²) in [5.74, 6) is 0.850. The molecule has 0 aliphatic heterocycles. The number of anilines is 4. The summed E-state index contributed by atoms with van der Waals surface area (Å²) in [6.07, 6.45) is 5.25. The number of allylic oxidation sites excluding steroid dienone is 1. The molecule has 0 atom stereocenters. The number of benzene rings is 1. The van der Waals surface area contributed by atoms with Gasteiger partial charge >= 0.3 is 0 Å². The average molecular weight is 338 g/mol. The summed E-state index contributed by atoms with van der Waals surface area (Å²) in [6.45, 7) is 4.11. The van der Waals surface area contributed by atoms with E-state index in [1.165, 1.54) is 12.4 Å². The molecule has 6 heteroatoms. The lowest BCUT2D eigenvalue weighted by Gasteiger charge is -2.25. The maximum absolute atomic E-state index is 7.48. The fourth-order valence-corrected chi connectivity index (χ4v) is 3.01. The molecule has 0 fully saturated rings. The minimum atomic E-state index is 0.631. The second kappa shape index (κ2) is 7.70. The Labute approximate surface area is 149 Å². The Morgan fingerprint density at radius 2 is 2.12 bits per heavy atom. The van der Waals surface area contributed by atoms with E-state index in [9.17, 15) is 0 Å². The molecule has 0 spiro atoms. The van der Waals surface area contributed by atoms with Gasteiger partial charge < -0.3 is 27.1 Å². The summed E-state index contributed by atoms with van der Waals surface area (Å²) < 4.78 is 0. The molecule has 0 bridgehead atoms. The standard InChI is InChI=1S/C19H26N6/c1-5-13-8-14(15(9-20)10-21)6-7-17(13)25(4)19-12(2)18(23-3)16(22)11-24-19/h6-11,20H,5,21-22H2,1-4H3,(H,23,24)/b15-10+,20-9?.